The molecule has 0 saturated heterocycles. The van der Waals surface area contributed by atoms with Gasteiger partial charge in [-0.2, -0.15) is 0 Å². The molecule has 6 nitrogen and oxygen atoms in total. The number of ether oxygens (including phenoxy) is 1. The predicted molar refractivity (Wildman–Crippen MR) is 119 cm³/mol. The van der Waals surface area contributed by atoms with E-state index in [9.17, 15) is 4.79 Å². The van der Waals surface area contributed by atoms with Crippen LogP contribution in [0.4, 0.5) is 4.79 Å². The van der Waals surface area contributed by atoms with E-state index >= 15 is 0 Å². The molecule has 0 aliphatic heterocycles. The van der Waals surface area contributed by atoms with Crippen molar-refractivity contribution in [1.29, 1.82) is 0 Å². The summed E-state index contributed by atoms with van der Waals surface area (Å²) in [7, 11) is 0. The van der Waals surface area contributed by atoms with Crippen LogP contribution in [0.25, 0.3) is 11.5 Å². The van der Waals surface area contributed by atoms with Crippen molar-refractivity contribution in [2.24, 2.45) is 0 Å². The average Bonchev–Trinajstić information content (AvgIpc) is 3.13. The fraction of sp³-hybridized carbons (Fsp3) is 0.318. The number of hydrogen-bond donors (Lipinski definition) is 1. The predicted octanol–water partition coefficient (Wildman–Crippen LogP) is 6.14. The molecule has 30 heavy (non-hydrogen) atoms. The zero-order chi connectivity index (χ0) is 21.9. The molecule has 0 radical (unpaired) electrons. The quantitative estimate of drug-likeness (QED) is 0.463. The maximum Gasteiger partial charge on any atom is 0.408 e. The van der Waals surface area contributed by atoms with Crippen LogP contribution in [0.3, 0.4) is 0 Å². The monoisotopic (exact) mass is 491 g/mol. The summed E-state index contributed by atoms with van der Waals surface area (Å²) in [6, 6.07) is 15.1. The third-order valence-corrected chi connectivity index (χ3v) is 5.06. The highest BCUT2D eigenvalue weighted by molar-refractivity contribution is 9.10. The molecule has 0 aliphatic rings. The van der Waals surface area contributed by atoms with Crippen molar-refractivity contribution in [2.75, 3.05) is 0 Å². The Labute approximate surface area is 189 Å². The van der Waals surface area contributed by atoms with Gasteiger partial charge in [0.15, 0.2) is 0 Å². The number of alkyl carbamates (subject to hydrolysis) is 1. The van der Waals surface area contributed by atoms with Crippen LogP contribution in [0.15, 0.2) is 57.4 Å². The second kappa shape index (κ2) is 8.78. The average molecular weight is 493 g/mol. The number of nitrogens with zero attached hydrogens (tertiary/aromatic N) is 2. The first-order valence-corrected chi connectivity index (χ1v) is 10.6. The molecule has 0 unspecified atom stereocenters. The maximum atomic E-state index is 12.6. The molecule has 0 spiro atoms. The first-order valence-electron chi connectivity index (χ1n) is 9.40. The smallest absolute Gasteiger partial charge is 0.408 e. The first kappa shape index (κ1) is 22.3. The zero-order valence-electron chi connectivity index (χ0n) is 17.2. The Balaban J connectivity index is 1.96. The molecular formula is C22H23BrClN3O3. The second-order valence-electron chi connectivity index (χ2n) is 8.16. The molecule has 8 heteroatoms. The van der Waals surface area contributed by atoms with Gasteiger partial charge in [0.05, 0.1) is 10.6 Å². The van der Waals surface area contributed by atoms with Crippen molar-refractivity contribution in [3.63, 3.8) is 0 Å². The van der Waals surface area contributed by atoms with Crippen LogP contribution in [0.2, 0.25) is 5.02 Å². The molecule has 0 bridgehead atoms. The van der Waals surface area contributed by atoms with Crippen molar-refractivity contribution >= 4 is 33.6 Å². The van der Waals surface area contributed by atoms with E-state index in [1.165, 1.54) is 0 Å². The lowest BCUT2D eigenvalue weighted by atomic mass is 9.92. The minimum Gasteiger partial charge on any atom is -0.444 e. The van der Waals surface area contributed by atoms with Gasteiger partial charge in [-0.15, -0.1) is 10.2 Å². The lowest BCUT2D eigenvalue weighted by Crippen LogP contribution is -2.47. The minimum absolute atomic E-state index is 0.253. The number of halogens is 2. The van der Waals surface area contributed by atoms with E-state index in [0.29, 0.717) is 17.0 Å². The van der Waals surface area contributed by atoms with Gasteiger partial charge in [0.1, 0.15) is 11.1 Å². The number of rotatable bonds is 5. The van der Waals surface area contributed by atoms with Crippen molar-refractivity contribution in [1.82, 2.24) is 15.5 Å². The summed E-state index contributed by atoms with van der Waals surface area (Å²) in [6.07, 6.45) is -0.137. The number of amides is 1. The van der Waals surface area contributed by atoms with Gasteiger partial charge in [-0.1, -0.05) is 57.9 Å². The van der Waals surface area contributed by atoms with Crippen LogP contribution in [0.5, 0.6) is 0 Å². The number of carbonyl (C=O) groups is 1. The Morgan fingerprint density at radius 2 is 1.83 bits per heavy atom. The maximum absolute atomic E-state index is 12.6. The Kier molecular flexibility index (Phi) is 6.53. The van der Waals surface area contributed by atoms with Gasteiger partial charge in [-0.05, 0) is 51.5 Å². The number of hydrogen-bond acceptors (Lipinski definition) is 5. The molecule has 2 aromatic carbocycles. The Bertz CT molecular complexity index is 1030. The Hall–Kier alpha value is -2.38. The van der Waals surface area contributed by atoms with Crippen molar-refractivity contribution in [3.05, 3.63) is 69.5 Å². The standard InChI is InChI=1S/C22H23BrClN3O3/c1-21(2,3)30-20(28)25-22(4,13-14-8-6-5-7-9-14)19-27-26-18(29-19)16-12-15(23)10-11-17(16)24/h5-12H,13H2,1-4H3,(H,25,28)/t22-/m1/s1. The van der Waals surface area contributed by atoms with Crippen LogP contribution in [-0.4, -0.2) is 21.9 Å². The molecule has 1 amide bonds. The topological polar surface area (TPSA) is 77.2 Å². The summed E-state index contributed by atoms with van der Waals surface area (Å²) < 4.78 is 12.3. The molecule has 1 N–H and O–H groups in total. The van der Waals surface area contributed by atoms with Crippen LogP contribution in [0.1, 0.15) is 39.1 Å². The van der Waals surface area contributed by atoms with E-state index in [-0.39, 0.29) is 11.8 Å². The number of aromatic nitrogens is 2. The highest BCUT2D eigenvalue weighted by Gasteiger charge is 2.36. The van der Waals surface area contributed by atoms with E-state index in [1.807, 2.05) is 43.3 Å². The minimum atomic E-state index is -0.993. The molecule has 3 rings (SSSR count). The zero-order valence-corrected chi connectivity index (χ0v) is 19.5. The fourth-order valence-corrected chi connectivity index (χ4v) is 3.48. The van der Waals surface area contributed by atoms with Gasteiger partial charge in [-0.25, -0.2) is 4.79 Å². The number of benzene rings is 2. The van der Waals surface area contributed by atoms with Crippen molar-refractivity contribution in [2.45, 2.75) is 45.3 Å². The Morgan fingerprint density at radius 3 is 2.50 bits per heavy atom. The molecule has 0 aliphatic carbocycles. The van der Waals surface area contributed by atoms with Crippen molar-refractivity contribution in [3.8, 4) is 11.5 Å². The molecule has 1 heterocycles. The SMILES string of the molecule is CC(C)(C)OC(=O)N[C@](C)(Cc1ccccc1)c1nnc(-c2cc(Br)ccc2Cl)o1. The summed E-state index contributed by atoms with van der Waals surface area (Å²) in [5.41, 5.74) is -0.0323. The first-order chi connectivity index (χ1) is 14.1. The summed E-state index contributed by atoms with van der Waals surface area (Å²) in [5, 5.41) is 11.8. The molecular weight excluding hydrogens is 470 g/mol. The third-order valence-electron chi connectivity index (χ3n) is 4.23. The molecule has 0 saturated carbocycles. The highest BCUT2D eigenvalue weighted by Crippen LogP contribution is 2.33. The molecule has 0 fully saturated rings. The summed E-state index contributed by atoms with van der Waals surface area (Å²) in [4.78, 5) is 12.6. The fourth-order valence-electron chi connectivity index (χ4n) is 2.92. The van der Waals surface area contributed by atoms with E-state index in [2.05, 4.69) is 31.4 Å². The lowest BCUT2D eigenvalue weighted by molar-refractivity contribution is 0.0443. The highest BCUT2D eigenvalue weighted by atomic mass is 79.9. The van der Waals surface area contributed by atoms with Gasteiger partial charge >= 0.3 is 6.09 Å². The normalized spacial score (nSPS) is 13.5. The largest absolute Gasteiger partial charge is 0.444 e. The van der Waals surface area contributed by atoms with E-state index in [4.69, 9.17) is 20.8 Å². The number of carbonyl (C=O) groups excluding carboxylic acids is 1. The second-order valence-corrected chi connectivity index (χ2v) is 9.48. The van der Waals surface area contributed by atoms with Gasteiger partial charge in [-0.3, -0.25) is 0 Å². The molecule has 3 aromatic rings. The summed E-state index contributed by atoms with van der Waals surface area (Å²) in [5.74, 6) is 0.518. The number of nitrogens with one attached hydrogen (secondary N) is 1. The van der Waals surface area contributed by atoms with Crippen LogP contribution in [-0.2, 0) is 16.7 Å². The van der Waals surface area contributed by atoms with E-state index in [1.54, 1.807) is 32.9 Å². The van der Waals surface area contributed by atoms with E-state index < -0.39 is 17.2 Å². The summed E-state index contributed by atoms with van der Waals surface area (Å²) in [6.45, 7) is 7.24. The van der Waals surface area contributed by atoms with Gasteiger partial charge < -0.3 is 14.5 Å². The van der Waals surface area contributed by atoms with E-state index in [0.717, 1.165) is 10.0 Å². The Morgan fingerprint density at radius 1 is 1.13 bits per heavy atom. The van der Waals surface area contributed by atoms with Gasteiger partial charge in [0, 0.05) is 10.9 Å². The van der Waals surface area contributed by atoms with Gasteiger partial charge in [0.2, 0.25) is 11.8 Å². The summed E-state index contributed by atoms with van der Waals surface area (Å²) >= 11 is 9.73. The van der Waals surface area contributed by atoms with Crippen LogP contribution < -0.4 is 5.32 Å². The molecule has 158 valence electrons. The molecule has 1 atom stereocenters. The lowest BCUT2D eigenvalue weighted by Gasteiger charge is -2.29. The van der Waals surface area contributed by atoms with Crippen molar-refractivity contribution < 1.29 is 13.9 Å². The molecule has 1 aromatic heterocycles. The van der Waals surface area contributed by atoms with Crippen LogP contribution >= 0.6 is 27.5 Å². The van der Waals surface area contributed by atoms with Gasteiger partial charge in [0.25, 0.3) is 0 Å². The van der Waals surface area contributed by atoms with Crippen LogP contribution in [0, 0.1) is 0 Å². The third kappa shape index (κ3) is 5.61.